The van der Waals surface area contributed by atoms with E-state index in [0.717, 1.165) is 0 Å². The van der Waals surface area contributed by atoms with Crippen LogP contribution >= 0.6 is 0 Å². The normalized spacial score (nSPS) is 20.1. The molecule has 2 atom stereocenters. The molecule has 1 amide bonds. The van der Waals surface area contributed by atoms with E-state index in [-0.39, 0.29) is 11.9 Å². The number of nitrogens with zero attached hydrogens (tertiary/aromatic N) is 2. The molecular weight excluding hydrogens is 320 g/mol. The van der Waals surface area contributed by atoms with Crippen LogP contribution in [0.25, 0.3) is 0 Å². The van der Waals surface area contributed by atoms with Gasteiger partial charge in [0.2, 0.25) is 0 Å². The predicted octanol–water partition coefficient (Wildman–Crippen LogP) is 3.20. The Balaban J connectivity index is 1.78. The minimum atomic E-state index is -0.847. The van der Waals surface area contributed by atoms with Gasteiger partial charge in [-0.15, -0.1) is 0 Å². The summed E-state index contributed by atoms with van der Waals surface area (Å²) >= 11 is 0. The molecular formula is C19H20N2O4. The molecule has 3 rings (SSSR count). The lowest BCUT2D eigenvalue weighted by molar-refractivity contribution is -0.144. The Morgan fingerprint density at radius 3 is 2.68 bits per heavy atom. The van der Waals surface area contributed by atoms with Crippen LogP contribution in [0.15, 0.2) is 48.8 Å². The van der Waals surface area contributed by atoms with E-state index in [9.17, 15) is 14.7 Å². The number of likely N-dealkylation sites (tertiary alicyclic amines) is 1. The highest BCUT2D eigenvalue weighted by atomic mass is 16.5. The number of piperidine rings is 1. The smallest absolute Gasteiger partial charge is 0.308 e. The molecule has 1 N–H and O–H groups in total. The molecule has 2 aromatic rings. The molecule has 0 unspecified atom stereocenters. The fourth-order valence-electron chi connectivity index (χ4n) is 3.16. The van der Waals surface area contributed by atoms with Gasteiger partial charge in [0, 0.05) is 30.5 Å². The zero-order valence-electron chi connectivity index (χ0n) is 14.0. The van der Waals surface area contributed by atoms with Crippen LogP contribution < -0.4 is 4.74 Å². The zero-order chi connectivity index (χ0) is 17.8. The van der Waals surface area contributed by atoms with Crippen molar-refractivity contribution in [2.45, 2.75) is 25.8 Å². The number of carbonyl (C=O) groups excluding carboxylic acids is 1. The van der Waals surface area contributed by atoms with Crippen LogP contribution in [-0.4, -0.2) is 39.5 Å². The third kappa shape index (κ3) is 3.79. The van der Waals surface area contributed by atoms with E-state index in [2.05, 4.69) is 4.98 Å². The van der Waals surface area contributed by atoms with Gasteiger partial charge in [0.1, 0.15) is 11.5 Å². The van der Waals surface area contributed by atoms with Crippen molar-refractivity contribution in [2.24, 2.45) is 5.92 Å². The highest BCUT2D eigenvalue weighted by molar-refractivity contribution is 5.95. The van der Waals surface area contributed by atoms with Crippen molar-refractivity contribution in [1.29, 1.82) is 0 Å². The molecule has 0 radical (unpaired) electrons. The number of pyridine rings is 1. The van der Waals surface area contributed by atoms with Crippen molar-refractivity contribution in [2.75, 3.05) is 6.54 Å². The largest absolute Gasteiger partial charge is 0.481 e. The Bertz CT molecular complexity index is 763. The number of aromatic nitrogens is 1. The van der Waals surface area contributed by atoms with E-state index < -0.39 is 11.9 Å². The lowest BCUT2D eigenvalue weighted by atomic mass is 9.90. The molecule has 130 valence electrons. The van der Waals surface area contributed by atoms with Crippen LogP contribution in [0.5, 0.6) is 11.5 Å². The Kier molecular flexibility index (Phi) is 4.97. The number of aliphatic carboxylic acids is 1. The van der Waals surface area contributed by atoms with Gasteiger partial charge in [0.15, 0.2) is 0 Å². The molecule has 6 nitrogen and oxygen atoms in total. The molecule has 2 heterocycles. The van der Waals surface area contributed by atoms with Gasteiger partial charge in [-0.25, -0.2) is 0 Å². The van der Waals surface area contributed by atoms with Crippen LogP contribution in [-0.2, 0) is 4.79 Å². The van der Waals surface area contributed by atoms with Crippen LogP contribution in [0.1, 0.15) is 30.1 Å². The van der Waals surface area contributed by atoms with E-state index in [0.29, 0.717) is 36.4 Å². The Morgan fingerprint density at radius 2 is 1.96 bits per heavy atom. The summed E-state index contributed by atoms with van der Waals surface area (Å²) in [6.07, 6.45) is 4.56. The van der Waals surface area contributed by atoms with E-state index in [1.165, 1.54) is 0 Å². The van der Waals surface area contributed by atoms with Gasteiger partial charge in [-0.2, -0.15) is 0 Å². The van der Waals surface area contributed by atoms with E-state index in [4.69, 9.17) is 4.74 Å². The maximum absolute atomic E-state index is 12.9. The average Bonchev–Trinajstić information content (AvgIpc) is 2.62. The van der Waals surface area contributed by atoms with Crippen LogP contribution in [0.3, 0.4) is 0 Å². The molecule has 0 aliphatic carbocycles. The molecule has 0 bridgehead atoms. The molecule has 1 aliphatic heterocycles. The number of benzene rings is 1. The highest BCUT2D eigenvalue weighted by Gasteiger charge is 2.35. The Labute approximate surface area is 146 Å². The third-order valence-electron chi connectivity index (χ3n) is 4.53. The molecule has 6 heteroatoms. The van der Waals surface area contributed by atoms with Gasteiger partial charge >= 0.3 is 5.97 Å². The fourth-order valence-corrected chi connectivity index (χ4v) is 3.16. The molecule has 0 spiro atoms. The summed E-state index contributed by atoms with van der Waals surface area (Å²) in [6.45, 7) is 2.37. The second-order valence-corrected chi connectivity index (χ2v) is 6.14. The summed E-state index contributed by atoms with van der Waals surface area (Å²) in [5, 5.41) is 9.32. The summed E-state index contributed by atoms with van der Waals surface area (Å²) in [5.41, 5.74) is 0.490. The maximum atomic E-state index is 12.9. The van der Waals surface area contributed by atoms with Crippen LogP contribution in [0.2, 0.25) is 0 Å². The molecule has 1 fully saturated rings. The van der Waals surface area contributed by atoms with Gasteiger partial charge in [-0.3, -0.25) is 14.6 Å². The van der Waals surface area contributed by atoms with E-state index in [1.54, 1.807) is 60.6 Å². The number of amides is 1. The summed E-state index contributed by atoms with van der Waals surface area (Å²) < 4.78 is 5.74. The first-order valence-corrected chi connectivity index (χ1v) is 8.28. The molecule has 25 heavy (non-hydrogen) atoms. The summed E-state index contributed by atoms with van der Waals surface area (Å²) in [5.74, 6) is -0.347. The van der Waals surface area contributed by atoms with E-state index in [1.807, 2.05) is 0 Å². The lowest BCUT2D eigenvalue weighted by Gasteiger charge is -2.37. The zero-order valence-corrected chi connectivity index (χ0v) is 14.0. The van der Waals surface area contributed by atoms with Gasteiger partial charge in [-0.1, -0.05) is 6.07 Å². The van der Waals surface area contributed by atoms with Crippen LogP contribution in [0.4, 0.5) is 0 Å². The highest BCUT2D eigenvalue weighted by Crippen LogP contribution is 2.27. The second-order valence-electron chi connectivity index (χ2n) is 6.14. The first-order valence-electron chi connectivity index (χ1n) is 8.28. The monoisotopic (exact) mass is 340 g/mol. The number of ether oxygens (including phenoxy) is 1. The lowest BCUT2D eigenvalue weighted by Crippen LogP contribution is -2.49. The van der Waals surface area contributed by atoms with Crippen molar-refractivity contribution in [1.82, 2.24) is 9.88 Å². The number of carboxylic acids is 1. The summed E-state index contributed by atoms with van der Waals surface area (Å²) in [6, 6.07) is 10.1. The number of carboxylic acid groups (broad SMARTS) is 1. The minimum absolute atomic E-state index is 0.168. The van der Waals surface area contributed by atoms with Crippen molar-refractivity contribution < 1.29 is 19.4 Å². The van der Waals surface area contributed by atoms with Crippen molar-refractivity contribution in [3.63, 3.8) is 0 Å². The quantitative estimate of drug-likeness (QED) is 0.924. The average molecular weight is 340 g/mol. The summed E-state index contributed by atoms with van der Waals surface area (Å²) in [7, 11) is 0. The second kappa shape index (κ2) is 7.34. The first-order chi connectivity index (χ1) is 12.1. The molecule has 1 saturated heterocycles. The van der Waals surface area contributed by atoms with Gasteiger partial charge in [0.05, 0.1) is 5.92 Å². The third-order valence-corrected chi connectivity index (χ3v) is 4.53. The molecule has 0 saturated carbocycles. The standard InChI is InChI=1S/C19H20N2O4/c1-13-17(19(23)24)6-3-11-21(13)18(22)14-4-2-5-16(12-14)25-15-7-9-20-10-8-15/h2,4-5,7-10,12-13,17H,3,6,11H2,1H3,(H,23,24)/t13-,17-/m1/s1. The Hall–Kier alpha value is -2.89. The van der Waals surface area contributed by atoms with Crippen molar-refractivity contribution >= 4 is 11.9 Å². The van der Waals surface area contributed by atoms with Gasteiger partial charge in [-0.05, 0) is 50.1 Å². The maximum Gasteiger partial charge on any atom is 0.308 e. The molecule has 1 aromatic heterocycles. The number of hydrogen-bond donors (Lipinski definition) is 1. The number of carbonyl (C=O) groups is 2. The topological polar surface area (TPSA) is 79.7 Å². The number of hydrogen-bond acceptors (Lipinski definition) is 4. The molecule has 1 aliphatic rings. The van der Waals surface area contributed by atoms with Gasteiger partial charge < -0.3 is 14.7 Å². The fraction of sp³-hybridized carbons (Fsp3) is 0.316. The minimum Gasteiger partial charge on any atom is -0.481 e. The Morgan fingerprint density at radius 1 is 1.20 bits per heavy atom. The first kappa shape index (κ1) is 17.0. The summed E-state index contributed by atoms with van der Waals surface area (Å²) in [4.78, 5) is 29.8. The van der Waals surface area contributed by atoms with Crippen molar-refractivity contribution in [3.05, 3.63) is 54.4 Å². The number of rotatable bonds is 4. The van der Waals surface area contributed by atoms with Crippen molar-refractivity contribution in [3.8, 4) is 11.5 Å². The SMILES string of the molecule is C[C@@H]1[C@H](C(=O)O)CCCN1C(=O)c1cccc(Oc2ccncc2)c1. The molecule has 1 aromatic carbocycles. The van der Waals surface area contributed by atoms with E-state index >= 15 is 0 Å². The predicted molar refractivity (Wildman–Crippen MR) is 91.6 cm³/mol. The van der Waals surface area contributed by atoms with Gasteiger partial charge in [0.25, 0.3) is 5.91 Å². The van der Waals surface area contributed by atoms with Crippen LogP contribution in [0, 0.1) is 5.92 Å².